The lowest BCUT2D eigenvalue weighted by Gasteiger charge is -2.04. The zero-order valence-corrected chi connectivity index (χ0v) is 9.59. The second kappa shape index (κ2) is 4.37. The second-order valence-corrected chi connectivity index (χ2v) is 3.98. The number of rotatable bonds is 2. The highest BCUT2D eigenvalue weighted by molar-refractivity contribution is 5.91. The van der Waals surface area contributed by atoms with Crippen molar-refractivity contribution in [3.63, 3.8) is 0 Å². The normalized spacial score (nSPS) is 10.4. The van der Waals surface area contributed by atoms with Crippen LogP contribution in [-0.2, 0) is 0 Å². The number of carbonyl (C=O) groups excluding carboxylic acids is 1. The summed E-state index contributed by atoms with van der Waals surface area (Å²) in [5.74, 6) is 0.210. The molecule has 0 saturated heterocycles. The molecular weight excluding hydrogens is 226 g/mol. The van der Waals surface area contributed by atoms with Gasteiger partial charge in [0.25, 0.3) is 0 Å². The Morgan fingerprint density at radius 1 is 1.00 bits per heavy atom. The molecule has 88 valence electrons. The van der Waals surface area contributed by atoms with E-state index in [1.54, 1.807) is 18.2 Å². The van der Waals surface area contributed by atoms with E-state index in [9.17, 15) is 4.79 Å². The third kappa shape index (κ3) is 1.98. The van der Waals surface area contributed by atoms with E-state index in [0.717, 1.165) is 10.9 Å². The minimum atomic E-state index is -0.342. The van der Waals surface area contributed by atoms with Crippen LogP contribution in [0.3, 0.4) is 0 Å². The van der Waals surface area contributed by atoms with E-state index in [4.69, 9.17) is 4.74 Å². The van der Waals surface area contributed by atoms with Gasteiger partial charge in [0.05, 0.1) is 5.56 Å². The molecule has 3 rings (SSSR count). The van der Waals surface area contributed by atoms with E-state index in [2.05, 4.69) is 4.98 Å². The monoisotopic (exact) mass is 237 g/mol. The molecule has 3 nitrogen and oxygen atoms in total. The van der Waals surface area contributed by atoms with Crippen molar-refractivity contribution in [1.29, 1.82) is 0 Å². The van der Waals surface area contributed by atoms with E-state index < -0.39 is 0 Å². The van der Waals surface area contributed by atoms with Crippen molar-refractivity contribution < 1.29 is 9.53 Å². The number of nitrogens with one attached hydrogen (secondary N) is 1. The zero-order chi connectivity index (χ0) is 12.4. The molecular formula is C15H11NO2. The van der Waals surface area contributed by atoms with Crippen LogP contribution >= 0.6 is 0 Å². The molecule has 1 aromatic heterocycles. The van der Waals surface area contributed by atoms with Crippen molar-refractivity contribution in [3.05, 3.63) is 66.4 Å². The lowest BCUT2D eigenvalue weighted by Crippen LogP contribution is -2.07. The Morgan fingerprint density at radius 3 is 2.67 bits per heavy atom. The first kappa shape index (κ1) is 10.6. The SMILES string of the molecule is O=C(Oc1ccc2[nH]ccc2c1)c1ccccc1. The van der Waals surface area contributed by atoms with Crippen LogP contribution in [0.2, 0.25) is 0 Å². The molecule has 18 heavy (non-hydrogen) atoms. The molecule has 0 aliphatic rings. The fraction of sp³-hybridized carbons (Fsp3) is 0. The van der Waals surface area contributed by atoms with E-state index >= 15 is 0 Å². The first-order valence-corrected chi connectivity index (χ1v) is 5.67. The Kier molecular flexibility index (Phi) is 2.57. The number of hydrogen-bond acceptors (Lipinski definition) is 2. The average Bonchev–Trinajstić information content (AvgIpc) is 2.87. The second-order valence-electron chi connectivity index (χ2n) is 3.98. The van der Waals surface area contributed by atoms with Gasteiger partial charge in [0.2, 0.25) is 0 Å². The van der Waals surface area contributed by atoms with Crippen molar-refractivity contribution in [2.45, 2.75) is 0 Å². The topological polar surface area (TPSA) is 42.1 Å². The Labute approximate surface area is 104 Å². The third-order valence-corrected chi connectivity index (χ3v) is 2.74. The Balaban J connectivity index is 1.86. The van der Waals surface area contributed by atoms with Crippen molar-refractivity contribution in [1.82, 2.24) is 4.98 Å². The summed E-state index contributed by atoms with van der Waals surface area (Å²) in [5.41, 5.74) is 1.57. The van der Waals surface area contributed by atoms with Gasteiger partial charge in [-0.2, -0.15) is 0 Å². The molecule has 3 heteroatoms. The molecule has 0 fully saturated rings. The number of aromatic nitrogens is 1. The highest BCUT2D eigenvalue weighted by Crippen LogP contribution is 2.20. The number of esters is 1. The molecule has 0 spiro atoms. The van der Waals surface area contributed by atoms with E-state index in [-0.39, 0.29) is 5.97 Å². The number of hydrogen-bond donors (Lipinski definition) is 1. The average molecular weight is 237 g/mol. The van der Waals surface area contributed by atoms with Crippen LogP contribution in [0.4, 0.5) is 0 Å². The number of ether oxygens (including phenoxy) is 1. The van der Waals surface area contributed by atoms with Crippen LogP contribution in [-0.4, -0.2) is 11.0 Å². The van der Waals surface area contributed by atoms with Crippen molar-refractivity contribution in [3.8, 4) is 5.75 Å². The molecule has 0 aliphatic heterocycles. The van der Waals surface area contributed by atoms with E-state index in [1.807, 2.05) is 42.6 Å². The highest BCUT2D eigenvalue weighted by atomic mass is 16.5. The lowest BCUT2D eigenvalue weighted by atomic mass is 10.2. The molecule has 0 saturated carbocycles. The van der Waals surface area contributed by atoms with Gasteiger partial charge in [-0.05, 0) is 36.4 Å². The van der Waals surface area contributed by atoms with Crippen molar-refractivity contribution >= 4 is 16.9 Å². The fourth-order valence-electron chi connectivity index (χ4n) is 1.84. The standard InChI is InChI=1S/C15H11NO2/c17-15(11-4-2-1-3-5-11)18-13-6-7-14-12(10-13)8-9-16-14/h1-10,16H. The van der Waals surface area contributed by atoms with Gasteiger partial charge in [0.15, 0.2) is 0 Å². The van der Waals surface area contributed by atoms with Crippen molar-refractivity contribution in [2.24, 2.45) is 0 Å². The molecule has 0 radical (unpaired) electrons. The van der Waals surface area contributed by atoms with Gasteiger partial charge in [-0.15, -0.1) is 0 Å². The molecule has 0 aliphatic carbocycles. The number of fused-ring (bicyclic) bond motifs is 1. The Hall–Kier alpha value is -2.55. The molecule has 3 aromatic rings. The first-order chi connectivity index (χ1) is 8.83. The maximum absolute atomic E-state index is 11.9. The summed E-state index contributed by atoms with van der Waals surface area (Å²) in [6, 6.07) is 16.4. The van der Waals surface area contributed by atoms with Gasteiger partial charge in [0, 0.05) is 17.1 Å². The smallest absolute Gasteiger partial charge is 0.343 e. The zero-order valence-electron chi connectivity index (χ0n) is 9.59. The van der Waals surface area contributed by atoms with Gasteiger partial charge < -0.3 is 9.72 Å². The predicted molar refractivity (Wildman–Crippen MR) is 69.7 cm³/mol. The summed E-state index contributed by atoms with van der Waals surface area (Å²) < 4.78 is 5.33. The van der Waals surface area contributed by atoms with Crippen LogP contribution in [0.1, 0.15) is 10.4 Å². The van der Waals surface area contributed by atoms with Gasteiger partial charge in [-0.3, -0.25) is 0 Å². The molecule has 1 heterocycles. The maximum Gasteiger partial charge on any atom is 0.343 e. The van der Waals surface area contributed by atoms with E-state index in [0.29, 0.717) is 11.3 Å². The van der Waals surface area contributed by atoms with Crippen LogP contribution in [0.15, 0.2) is 60.8 Å². The number of carbonyl (C=O) groups is 1. The summed E-state index contributed by atoms with van der Waals surface area (Å²) in [5, 5.41) is 1.02. The minimum absolute atomic E-state index is 0.342. The van der Waals surface area contributed by atoms with Gasteiger partial charge in [-0.1, -0.05) is 18.2 Å². The number of benzene rings is 2. The first-order valence-electron chi connectivity index (χ1n) is 5.67. The fourth-order valence-corrected chi connectivity index (χ4v) is 1.84. The summed E-state index contributed by atoms with van der Waals surface area (Å²) >= 11 is 0. The molecule has 1 N–H and O–H groups in total. The number of H-pyrrole nitrogens is 1. The van der Waals surface area contributed by atoms with Crippen LogP contribution in [0, 0.1) is 0 Å². The largest absolute Gasteiger partial charge is 0.423 e. The minimum Gasteiger partial charge on any atom is -0.423 e. The number of aromatic amines is 1. The van der Waals surface area contributed by atoms with Crippen LogP contribution in [0.5, 0.6) is 5.75 Å². The maximum atomic E-state index is 11.9. The van der Waals surface area contributed by atoms with Crippen LogP contribution < -0.4 is 4.74 Å². The summed E-state index contributed by atoms with van der Waals surface area (Å²) in [6.07, 6.45) is 1.85. The summed E-state index contributed by atoms with van der Waals surface area (Å²) in [7, 11) is 0. The Morgan fingerprint density at radius 2 is 1.83 bits per heavy atom. The molecule has 0 bridgehead atoms. The molecule has 0 atom stereocenters. The predicted octanol–water partition coefficient (Wildman–Crippen LogP) is 3.39. The lowest BCUT2D eigenvalue weighted by molar-refractivity contribution is 0.0735. The van der Waals surface area contributed by atoms with Gasteiger partial charge in [0.1, 0.15) is 5.75 Å². The molecule has 0 amide bonds. The summed E-state index contributed by atoms with van der Waals surface area (Å²) in [4.78, 5) is 14.9. The molecule has 0 unspecified atom stereocenters. The Bertz CT molecular complexity index is 686. The van der Waals surface area contributed by atoms with Crippen LogP contribution in [0.25, 0.3) is 10.9 Å². The quantitative estimate of drug-likeness (QED) is 0.548. The third-order valence-electron chi connectivity index (χ3n) is 2.74. The van der Waals surface area contributed by atoms with E-state index in [1.165, 1.54) is 0 Å². The van der Waals surface area contributed by atoms with Gasteiger partial charge >= 0.3 is 5.97 Å². The summed E-state index contributed by atoms with van der Waals surface area (Å²) in [6.45, 7) is 0. The van der Waals surface area contributed by atoms with Gasteiger partial charge in [-0.25, -0.2) is 4.79 Å². The molecule has 2 aromatic carbocycles. The highest BCUT2D eigenvalue weighted by Gasteiger charge is 2.08. The van der Waals surface area contributed by atoms with Crippen molar-refractivity contribution in [2.75, 3.05) is 0 Å².